The van der Waals surface area contributed by atoms with E-state index in [0.29, 0.717) is 43.7 Å². The van der Waals surface area contributed by atoms with Gasteiger partial charge in [-0.2, -0.15) is 5.10 Å². The van der Waals surface area contributed by atoms with Gasteiger partial charge in [-0.3, -0.25) is 14.4 Å². The summed E-state index contributed by atoms with van der Waals surface area (Å²) in [6.45, 7) is 2.49. The molecular formula is C25H23FN4O3. The molecule has 0 atom stereocenters. The Morgan fingerprint density at radius 3 is 2.45 bits per heavy atom. The first-order valence-electron chi connectivity index (χ1n) is 11.3. The summed E-state index contributed by atoms with van der Waals surface area (Å²) in [7, 11) is 0. The van der Waals surface area contributed by atoms with Crippen LogP contribution < -0.4 is 5.56 Å². The van der Waals surface area contributed by atoms with Crippen LogP contribution in [0.5, 0.6) is 0 Å². The number of fused-ring (bicyclic) bond motifs is 1. The first-order chi connectivity index (χ1) is 15.9. The van der Waals surface area contributed by atoms with Crippen LogP contribution in [-0.4, -0.2) is 58.0 Å². The van der Waals surface area contributed by atoms with Gasteiger partial charge in [-0.25, -0.2) is 9.49 Å². The van der Waals surface area contributed by atoms with E-state index >= 15 is 0 Å². The van der Waals surface area contributed by atoms with Crippen LogP contribution in [0.3, 0.4) is 0 Å². The lowest BCUT2D eigenvalue weighted by molar-refractivity contribution is -0.155. The number of halogens is 1. The summed E-state index contributed by atoms with van der Waals surface area (Å²) in [5.74, 6) is -0.423. The number of carbonyl (C=O) groups is 2. The number of H-pyrrole nitrogens is 1. The Kier molecular flexibility index (Phi) is 4.40. The largest absolute Gasteiger partial charge is 0.341 e. The molecule has 3 aromatic rings. The summed E-state index contributed by atoms with van der Waals surface area (Å²) in [5, 5.41) is 7.97. The van der Waals surface area contributed by atoms with Crippen molar-refractivity contribution in [1.82, 2.24) is 20.0 Å². The van der Waals surface area contributed by atoms with E-state index in [1.54, 1.807) is 29.2 Å². The zero-order valence-corrected chi connectivity index (χ0v) is 18.0. The molecule has 0 bridgehead atoms. The summed E-state index contributed by atoms with van der Waals surface area (Å²) >= 11 is 0. The highest BCUT2D eigenvalue weighted by Crippen LogP contribution is 2.43. The van der Waals surface area contributed by atoms with Crippen LogP contribution in [-0.2, 0) is 11.2 Å². The number of aromatic nitrogens is 2. The fraction of sp³-hybridized carbons (Fsp3) is 0.360. The molecule has 1 aliphatic carbocycles. The molecule has 1 spiro atoms. The Morgan fingerprint density at radius 1 is 1.03 bits per heavy atom. The van der Waals surface area contributed by atoms with E-state index in [2.05, 4.69) is 10.2 Å². The minimum Gasteiger partial charge on any atom is -0.341 e. The van der Waals surface area contributed by atoms with Gasteiger partial charge in [0, 0.05) is 49.3 Å². The van der Waals surface area contributed by atoms with Gasteiger partial charge in [-0.1, -0.05) is 24.3 Å². The van der Waals surface area contributed by atoms with Gasteiger partial charge in [0.25, 0.3) is 11.5 Å². The highest BCUT2D eigenvalue weighted by molar-refractivity contribution is 5.95. The first-order valence-corrected chi connectivity index (χ1v) is 11.3. The monoisotopic (exact) mass is 446 g/mol. The predicted octanol–water partition coefficient (Wildman–Crippen LogP) is 2.35. The van der Waals surface area contributed by atoms with Crippen molar-refractivity contribution in [2.75, 3.05) is 26.2 Å². The van der Waals surface area contributed by atoms with Crippen LogP contribution in [0.15, 0.2) is 47.3 Å². The topological polar surface area (TPSA) is 86.4 Å². The predicted molar refractivity (Wildman–Crippen MR) is 119 cm³/mol. The first kappa shape index (κ1) is 20.1. The van der Waals surface area contributed by atoms with Crippen LogP contribution in [0.2, 0.25) is 0 Å². The molecule has 3 fully saturated rings. The molecule has 33 heavy (non-hydrogen) atoms. The van der Waals surface area contributed by atoms with Crippen LogP contribution in [0, 0.1) is 17.2 Å². The van der Waals surface area contributed by atoms with Crippen molar-refractivity contribution in [2.24, 2.45) is 11.3 Å². The molecular weight excluding hydrogens is 423 g/mol. The van der Waals surface area contributed by atoms with Crippen LogP contribution in [0.25, 0.3) is 10.8 Å². The smallest absolute Gasteiger partial charge is 0.272 e. The van der Waals surface area contributed by atoms with Gasteiger partial charge >= 0.3 is 0 Å². The third-order valence-corrected chi connectivity index (χ3v) is 7.04. The number of carbonyl (C=O) groups excluding carboxylic acids is 2. The van der Waals surface area contributed by atoms with Crippen molar-refractivity contribution in [3.05, 3.63) is 75.5 Å². The number of likely N-dealkylation sites (tertiary alicyclic amines) is 2. The molecule has 0 radical (unpaired) electrons. The average Bonchev–Trinajstić information content (AvgIpc) is 3.60. The lowest BCUT2D eigenvalue weighted by Gasteiger charge is -2.60. The molecule has 168 valence electrons. The van der Waals surface area contributed by atoms with Crippen LogP contribution in [0.1, 0.15) is 34.5 Å². The quantitative estimate of drug-likeness (QED) is 0.667. The van der Waals surface area contributed by atoms with Crippen molar-refractivity contribution >= 4 is 22.6 Å². The second-order valence-corrected chi connectivity index (χ2v) is 9.67. The summed E-state index contributed by atoms with van der Waals surface area (Å²) < 4.78 is 14.6. The fourth-order valence-corrected chi connectivity index (χ4v) is 5.13. The van der Waals surface area contributed by atoms with E-state index in [1.165, 1.54) is 6.07 Å². The van der Waals surface area contributed by atoms with Crippen molar-refractivity contribution < 1.29 is 14.0 Å². The number of hydrogen-bond donors (Lipinski definition) is 1. The Hall–Kier alpha value is -3.55. The molecule has 3 aliphatic rings. The molecule has 2 saturated heterocycles. The summed E-state index contributed by atoms with van der Waals surface area (Å²) in [6.07, 6.45) is 2.35. The number of nitrogens with zero attached hydrogens (tertiary/aromatic N) is 3. The maximum Gasteiger partial charge on any atom is 0.272 e. The number of benzene rings is 2. The van der Waals surface area contributed by atoms with Crippen LogP contribution in [0.4, 0.5) is 4.39 Å². The zero-order valence-electron chi connectivity index (χ0n) is 18.0. The minimum absolute atomic E-state index is 0.0208. The normalized spacial score (nSPS) is 18.8. The van der Waals surface area contributed by atoms with Gasteiger partial charge in [0.2, 0.25) is 5.91 Å². The second-order valence-electron chi connectivity index (χ2n) is 9.67. The molecule has 2 aromatic carbocycles. The average molecular weight is 446 g/mol. The molecule has 8 heteroatoms. The van der Waals surface area contributed by atoms with Gasteiger partial charge in [0.15, 0.2) is 0 Å². The van der Waals surface area contributed by atoms with E-state index in [9.17, 15) is 18.8 Å². The Morgan fingerprint density at radius 2 is 1.73 bits per heavy atom. The molecule has 2 amide bonds. The Bertz CT molecular complexity index is 1350. The summed E-state index contributed by atoms with van der Waals surface area (Å²) in [5.41, 5.74) is 1.16. The Balaban J connectivity index is 1.17. The number of aromatic amines is 1. The third-order valence-electron chi connectivity index (χ3n) is 7.04. The third kappa shape index (κ3) is 3.41. The second kappa shape index (κ2) is 7.23. The summed E-state index contributed by atoms with van der Waals surface area (Å²) in [6, 6.07) is 11.7. The van der Waals surface area contributed by atoms with Crippen molar-refractivity contribution in [3.8, 4) is 0 Å². The highest BCUT2D eigenvalue weighted by Gasteiger charge is 2.55. The van der Waals surface area contributed by atoms with E-state index < -0.39 is 5.82 Å². The van der Waals surface area contributed by atoms with Crippen molar-refractivity contribution in [3.63, 3.8) is 0 Å². The molecule has 1 N–H and O–H groups in total. The van der Waals surface area contributed by atoms with Gasteiger partial charge in [-0.15, -0.1) is 0 Å². The van der Waals surface area contributed by atoms with E-state index in [4.69, 9.17) is 0 Å². The molecule has 6 rings (SSSR count). The van der Waals surface area contributed by atoms with E-state index in [0.717, 1.165) is 23.8 Å². The number of nitrogens with one attached hydrogen (secondary N) is 1. The van der Waals surface area contributed by atoms with Gasteiger partial charge in [-0.05, 0) is 36.6 Å². The molecule has 3 heterocycles. The standard InChI is InChI=1S/C25H23FN4O3/c26-20-8-5-15(10-21-17-3-1-2-4-18(17)22(31)28-27-21)9-19(20)24(33)30-13-25(14-30)11-29(12-25)23(32)16-6-7-16/h1-5,8-9,16H,6-7,10-14H2,(H,28,31). The number of hydrogen-bond acceptors (Lipinski definition) is 4. The highest BCUT2D eigenvalue weighted by atomic mass is 19.1. The molecule has 1 saturated carbocycles. The molecule has 1 aromatic heterocycles. The lowest BCUT2D eigenvalue weighted by atomic mass is 9.72. The van der Waals surface area contributed by atoms with Crippen molar-refractivity contribution in [1.29, 1.82) is 0 Å². The van der Waals surface area contributed by atoms with Crippen molar-refractivity contribution in [2.45, 2.75) is 19.3 Å². The minimum atomic E-state index is -0.553. The van der Waals surface area contributed by atoms with Crippen LogP contribution >= 0.6 is 0 Å². The SMILES string of the molecule is O=C(c1cc(Cc2n[nH]c(=O)c3ccccc23)ccc1F)N1CC2(C1)CN(C(=O)C1CC1)C2. The molecule has 2 aliphatic heterocycles. The van der Waals surface area contributed by atoms with E-state index in [1.807, 2.05) is 17.0 Å². The fourth-order valence-electron chi connectivity index (χ4n) is 5.13. The van der Waals surface area contributed by atoms with Gasteiger partial charge in [0.1, 0.15) is 5.82 Å². The zero-order chi connectivity index (χ0) is 22.7. The lowest BCUT2D eigenvalue weighted by Crippen LogP contribution is -2.73. The van der Waals surface area contributed by atoms with E-state index in [-0.39, 0.29) is 34.3 Å². The Labute approximate surface area is 189 Å². The van der Waals surface area contributed by atoms with Gasteiger partial charge < -0.3 is 9.80 Å². The number of rotatable bonds is 4. The maximum atomic E-state index is 14.6. The summed E-state index contributed by atoms with van der Waals surface area (Å²) in [4.78, 5) is 40.7. The molecule has 0 unspecified atom stereocenters. The number of amides is 2. The van der Waals surface area contributed by atoms with Gasteiger partial charge in [0.05, 0.1) is 16.6 Å². The maximum absolute atomic E-state index is 14.6. The molecule has 7 nitrogen and oxygen atoms in total.